The van der Waals surface area contributed by atoms with Crippen LogP contribution in [0.3, 0.4) is 0 Å². The molecule has 0 saturated heterocycles. The molecule has 0 fully saturated rings. The van der Waals surface area contributed by atoms with Gasteiger partial charge >= 0.3 is 6.18 Å². The smallest absolute Gasteiger partial charge is 0.415 e. The predicted octanol–water partition coefficient (Wildman–Crippen LogP) is 1.91. The highest BCUT2D eigenvalue weighted by Crippen LogP contribution is 2.29. The van der Waals surface area contributed by atoms with Crippen LogP contribution in [-0.2, 0) is 11.3 Å². The zero-order chi connectivity index (χ0) is 14.0. The van der Waals surface area contributed by atoms with Crippen molar-refractivity contribution in [2.75, 3.05) is 6.54 Å². The van der Waals surface area contributed by atoms with Crippen molar-refractivity contribution in [3.8, 4) is 0 Å². The summed E-state index contributed by atoms with van der Waals surface area (Å²) in [7, 11) is 0. The summed E-state index contributed by atoms with van der Waals surface area (Å²) in [6.45, 7) is 2.32. The third-order valence-electron chi connectivity index (χ3n) is 2.63. The highest BCUT2D eigenvalue weighted by molar-refractivity contribution is 5.86. The molecule has 0 aliphatic carbocycles. The van der Waals surface area contributed by atoms with Crippen molar-refractivity contribution < 1.29 is 22.4 Å². The van der Waals surface area contributed by atoms with E-state index in [0.29, 0.717) is 12.7 Å². The first-order valence-corrected chi connectivity index (χ1v) is 5.37. The number of likely N-dealkylation sites (N-methyl/N-ethyl adjacent to an activating group) is 1. The van der Waals surface area contributed by atoms with Gasteiger partial charge in [-0.05, 0) is 26.0 Å². The van der Waals surface area contributed by atoms with Crippen LogP contribution in [0.1, 0.15) is 19.6 Å². The number of amides is 1. The zero-order valence-electron chi connectivity index (χ0n) is 10.1. The summed E-state index contributed by atoms with van der Waals surface area (Å²) in [4.78, 5) is 12.8. The van der Waals surface area contributed by atoms with Crippen molar-refractivity contribution in [2.45, 2.75) is 32.1 Å². The number of alkyl halides is 3. The number of halogens is 3. The van der Waals surface area contributed by atoms with E-state index in [1.54, 1.807) is 19.1 Å². The number of rotatable bonds is 4. The van der Waals surface area contributed by atoms with E-state index in [-0.39, 0.29) is 13.1 Å². The van der Waals surface area contributed by atoms with Gasteiger partial charge in [-0.2, -0.15) is 13.2 Å². The number of hydrogen-bond acceptors (Lipinski definition) is 3. The van der Waals surface area contributed by atoms with E-state index in [2.05, 4.69) is 0 Å². The standard InChI is InChI=1S/C11H15F3N2O2/c1-3-16(7-8-5-4-6-18-8)9(17)10(2,15)11(12,13)14/h4-6H,3,7,15H2,1-2H3. The van der Waals surface area contributed by atoms with Gasteiger partial charge in [0.15, 0.2) is 5.54 Å². The van der Waals surface area contributed by atoms with E-state index >= 15 is 0 Å². The highest BCUT2D eigenvalue weighted by Gasteiger charge is 2.55. The molecule has 1 unspecified atom stereocenters. The average molecular weight is 264 g/mol. The van der Waals surface area contributed by atoms with Crippen LogP contribution in [0, 0.1) is 0 Å². The molecule has 0 bridgehead atoms. The topological polar surface area (TPSA) is 59.5 Å². The van der Waals surface area contributed by atoms with Gasteiger partial charge in [-0.3, -0.25) is 4.79 Å². The van der Waals surface area contributed by atoms with Crippen LogP contribution >= 0.6 is 0 Å². The van der Waals surface area contributed by atoms with Crippen molar-refractivity contribution in [2.24, 2.45) is 5.73 Å². The Labute approximate surface area is 103 Å². The van der Waals surface area contributed by atoms with Gasteiger partial charge in [-0.1, -0.05) is 0 Å². The Morgan fingerprint density at radius 1 is 1.50 bits per heavy atom. The first-order valence-electron chi connectivity index (χ1n) is 5.37. The molecule has 1 rings (SSSR count). The van der Waals surface area contributed by atoms with Gasteiger partial charge in [-0.15, -0.1) is 0 Å². The lowest BCUT2D eigenvalue weighted by atomic mass is 10.0. The van der Waals surface area contributed by atoms with Gasteiger partial charge in [0.05, 0.1) is 12.8 Å². The number of carbonyl (C=O) groups excluding carboxylic acids is 1. The molecule has 1 heterocycles. The first-order chi connectivity index (χ1) is 8.20. The second kappa shape index (κ2) is 5.01. The van der Waals surface area contributed by atoms with Gasteiger partial charge in [0.2, 0.25) is 0 Å². The molecule has 0 aliphatic heterocycles. The van der Waals surface area contributed by atoms with Gasteiger partial charge in [0.25, 0.3) is 5.91 Å². The fraction of sp³-hybridized carbons (Fsp3) is 0.545. The van der Waals surface area contributed by atoms with E-state index in [1.165, 1.54) is 6.26 Å². The minimum atomic E-state index is -4.79. The summed E-state index contributed by atoms with van der Waals surface area (Å²) >= 11 is 0. The van der Waals surface area contributed by atoms with Crippen LogP contribution < -0.4 is 5.73 Å². The Balaban J connectivity index is 2.86. The molecular formula is C11H15F3N2O2. The van der Waals surface area contributed by atoms with Crippen LogP contribution in [0.5, 0.6) is 0 Å². The predicted molar refractivity (Wildman–Crippen MR) is 58.4 cm³/mol. The fourth-order valence-electron chi connectivity index (χ4n) is 1.37. The van der Waals surface area contributed by atoms with Crippen LogP contribution in [-0.4, -0.2) is 29.1 Å². The first kappa shape index (κ1) is 14.6. The second-order valence-corrected chi connectivity index (χ2v) is 4.10. The van der Waals surface area contributed by atoms with Crippen LogP contribution in [0.2, 0.25) is 0 Å². The van der Waals surface area contributed by atoms with Crippen LogP contribution in [0.4, 0.5) is 13.2 Å². The SMILES string of the molecule is CCN(Cc1ccco1)C(=O)C(C)(N)C(F)(F)F. The fourth-order valence-corrected chi connectivity index (χ4v) is 1.37. The number of furan rings is 1. The minimum Gasteiger partial charge on any atom is -0.467 e. The van der Waals surface area contributed by atoms with Gasteiger partial charge in [-0.25, -0.2) is 0 Å². The molecule has 0 spiro atoms. The van der Waals surface area contributed by atoms with E-state index in [4.69, 9.17) is 10.2 Å². The zero-order valence-corrected chi connectivity index (χ0v) is 10.1. The quantitative estimate of drug-likeness (QED) is 0.903. The maximum Gasteiger partial charge on any atom is 0.415 e. The molecule has 0 saturated carbocycles. The Morgan fingerprint density at radius 2 is 2.11 bits per heavy atom. The Bertz CT molecular complexity index is 399. The Morgan fingerprint density at radius 3 is 2.50 bits per heavy atom. The van der Waals surface area contributed by atoms with Crippen molar-refractivity contribution in [3.63, 3.8) is 0 Å². The van der Waals surface area contributed by atoms with Gasteiger partial charge in [0.1, 0.15) is 5.76 Å². The monoisotopic (exact) mass is 264 g/mol. The third-order valence-corrected chi connectivity index (χ3v) is 2.63. The van der Waals surface area contributed by atoms with E-state index < -0.39 is 17.6 Å². The lowest BCUT2D eigenvalue weighted by Crippen LogP contribution is -2.62. The summed E-state index contributed by atoms with van der Waals surface area (Å²) in [6, 6.07) is 3.18. The van der Waals surface area contributed by atoms with Crippen molar-refractivity contribution >= 4 is 5.91 Å². The Hall–Kier alpha value is -1.50. The maximum atomic E-state index is 12.7. The molecule has 0 radical (unpaired) electrons. The molecule has 1 aromatic rings. The summed E-state index contributed by atoms with van der Waals surface area (Å²) in [5.74, 6) is -0.767. The number of hydrogen-bond donors (Lipinski definition) is 1. The van der Waals surface area contributed by atoms with E-state index in [9.17, 15) is 18.0 Å². The molecule has 7 heteroatoms. The number of nitrogens with zero attached hydrogens (tertiary/aromatic N) is 1. The summed E-state index contributed by atoms with van der Waals surface area (Å²) in [6.07, 6.45) is -3.40. The van der Waals surface area contributed by atoms with Crippen LogP contribution in [0.25, 0.3) is 0 Å². The van der Waals surface area contributed by atoms with Crippen molar-refractivity contribution in [1.29, 1.82) is 0 Å². The van der Waals surface area contributed by atoms with Gasteiger partial charge < -0.3 is 15.1 Å². The average Bonchev–Trinajstić information content (AvgIpc) is 2.75. The molecule has 0 aliphatic rings. The molecule has 4 nitrogen and oxygen atoms in total. The largest absolute Gasteiger partial charge is 0.467 e. The molecule has 1 amide bonds. The van der Waals surface area contributed by atoms with Crippen molar-refractivity contribution in [1.82, 2.24) is 4.90 Å². The summed E-state index contributed by atoms with van der Waals surface area (Å²) < 4.78 is 43.0. The molecular weight excluding hydrogens is 249 g/mol. The Kier molecular flexibility index (Phi) is 4.05. The maximum absolute atomic E-state index is 12.7. The van der Waals surface area contributed by atoms with Crippen molar-refractivity contribution in [3.05, 3.63) is 24.2 Å². The second-order valence-electron chi connectivity index (χ2n) is 4.10. The molecule has 1 atom stereocenters. The lowest BCUT2D eigenvalue weighted by Gasteiger charge is -2.32. The minimum absolute atomic E-state index is 0.0365. The normalized spacial score (nSPS) is 15.2. The molecule has 18 heavy (non-hydrogen) atoms. The molecule has 0 aromatic carbocycles. The van der Waals surface area contributed by atoms with E-state index in [1.807, 2.05) is 0 Å². The third kappa shape index (κ3) is 2.84. The molecule has 2 N–H and O–H groups in total. The van der Waals surface area contributed by atoms with Gasteiger partial charge in [0, 0.05) is 6.54 Å². The summed E-state index contributed by atoms with van der Waals surface area (Å²) in [5.41, 5.74) is 2.20. The number of nitrogens with two attached hydrogens (primary N) is 1. The number of carbonyl (C=O) groups is 1. The highest BCUT2D eigenvalue weighted by atomic mass is 19.4. The molecule has 1 aromatic heterocycles. The van der Waals surface area contributed by atoms with Crippen LogP contribution in [0.15, 0.2) is 22.8 Å². The van der Waals surface area contributed by atoms with E-state index in [0.717, 1.165) is 4.90 Å². The molecule has 102 valence electrons. The summed E-state index contributed by atoms with van der Waals surface area (Å²) in [5, 5.41) is 0. The lowest BCUT2D eigenvalue weighted by molar-refractivity contribution is -0.194.